The number of rotatable bonds is 14. The molecule has 0 rings (SSSR count). The van der Waals surface area contributed by atoms with Gasteiger partial charge in [-0.05, 0) is 13.3 Å². The number of unbranched alkanes of at least 4 members (excludes halogenated alkanes) is 5. The van der Waals surface area contributed by atoms with E-state index in [0.717, 1.165) is 37.4 Å². The number of carbonyl (C=O) groups is 2. The van der Waals surface area contributed by atoms with Gasteiger partial charge in [0, 0.05) is 19.4 Å². The van der Waals surface area contributed by atoms with Crippen LogP contribution in [0.25, 0.3) is 0 Å². The zero-order valence-corrected chi connectivity index (χ0v) is 19.7. The molecule has 0 heterocycles. The van der Waals surface area contributed by atoms with Crippen LogP contribution in [-0.2, 0) is 28.9 Å². The van der Waals surface area contributed by atoms with Gasteiger partial charge in [-0.15, -0.1) is 0 Å². The lowest BCUT2D eigenvalue weighted by Gasteiger charge is -2.23. The fraction of sp³-hybridized carbons (Fsp3) is 0.895. The molecule has 0 aliphatic rings. The van der Waals surface area contributed by atoms with E-state index in [2.05, 4.69) is 37.6 Å². The van der Waals surface area contributed by atoms with Crippen molar-refractivity contribution in [2.45, 2.75) is 71.3 Å². The summed E-state index contributed by atoms with van der Waals surface area (Å²) < 4.78 is 37.1. The molecule has 0 spiro atoms. The molecule has 1 N–H and O–H groups in total. The lowest BCUT2D eigenvalue weighted by Crippen LogP contribution is -2.40. The summed E-state index contributed by atoms with van der Waals surface area (Å²) in [6.07, 6.45) is 7.41. The van der Waals surface area contributed by atoms with E-state index in [4.69, 9.17) is 4.74 Å². The number of nitrogens with zero attached hydrogens (tertiary/aromatic N) is 1. The predicted octanol–water partition coefficient (Wildman–Crippen LogP) is 1.97. The van der Waals surface area contributed by atoms with Crippen molar-refractivity contribution in [2.24, 2.45) is 0 Å². The number of ether oxygens (including phenoxy) is 1. The second-order valence-electron chi connectivity index (χ2n) is 7.88. The summed E-state index contributed by atoms with van der Waals surface area (Å²) in [7, 11) is 2.75. The fourth-order valence-corrected chi connectivity index (χ4v) is 2.27. The van der Waals surface area contributed by atoms with E-state index in [9.17, 15) is 22.6 Å². The van der Waals surface area contributed by atoms with Gasteiger partial charge in [-0.3, -0.25) is 13.8 Å². The monoisotopic (exact) mass is 440 g/mol. The normalized spacial score (nSPS) is 12.5. The van der Waals surface area contributed by atoms with Crippen LogP contribution in [0.1, 0.15) is 65.2 Å². The van der Waals surface area contributed by atoms with Crippen LogP contribution in [0.2, 0.25) is 0 Å². The van der Waals surface area contributed by atoms with Gasteiger partial charge in [-0.25, -0.2) is 8.42 Å². The van der Waals surface area contributed by atoms with Crippen LogP contribution in [-0.4, -0.2) is 76.8 Å². The minimum atomic E-state index is -4.41. The Hall–Kier alpha value is -1.23. The van der Waals surface area contributed by atoms with Crippen molar-refractivity contribution < 1.29 is 36.0 Å². The van der Waals surface area contributed by atoms with E-state index in [-0.39, 0.29) is 11.9 Å². The number of carbonyl (C=O) groups excluding carboxylic acids is 2. The van der Waals surface area contributed by atoms with E-state index in [0.29, 0.717) is 13.0 Å². The van der Waals surface area contributed by atoms with Crippen LogP contribution in [0.4, 0.5) is 0 Å². The quantitative estimate of drug-likeness (QED) is 0.144. The van der Waals surface area contributed by atoms with Gasteiger partial charge in [0.15, 0.2) is 6.10 Å². The highest BCUT2D eigenvalue weighted by Gasteiger charge is 2.17. The van der Waals surface area contributed by atoms with Crippen molar-refractivity contribution in [3.8, 4) is 0 Å². The molecule has 29 heavy (non-hydrogen) atoms. The fourth-order valence-electron chi connectivity index (χ4n) is 2.27. The van der Waals surface area contributed by atoms with Gasteiger partial charge in [-0.1, -0.05) is 39.0 Å². The molecule has 0 aliphatic carbocycles. The number of hydrogen-bond acceptors (Lipinski definition) is 7. The van der Waals surface area contributed by atoms with Crippen molar-refractivity contribution >= 4 is 22.3 Å². The van der Waals surface area contributed by atoms with Gasteiger partial charge < -0.3 is 19.1 Å². The number of nitrogens with one attached hydrogen (secondary N) is 1. The largest absolute Gasteiger partial charge is 0.726 e. The Morgan fingerprint density at radius 2 is 1.55 bits per heavy atom. The number of hydrogen-bond donors (Lipinski definition) is 1. The van der Waals surface area contributed by atoms with E-state index in [1.54, 1.807) is 6.92 Å². The first-order chi connectivity index (χ1) is 13.3. The van der Waals surface area contributed by atoms with Gasteiger partial charge in [0.25, 0.3) is 5.91 Å². The molecule has 0 fully saturated rings. The standard InChI is InChI=1S/C18H36N2O3.CH4O4S/c1-6-7-8-9-10-11-13-17(21)23-16(2)18(22)19-14-12-15-20(3,4)5;1-5-6(2,3)4/h16H,6-15H2,1-5H3;1H3,(H,2,3,4). The average Bonchev–Trinajstić information content (AvgIpc) is 2.60. The Bertz CT molecular complexity index is 545. The van der Waals surface area contributed by atoms with Crippen molar-refractivity contribution in [3.05, 3.63) is 0 Å². The van der Waals surface area contributed by atoms with Crippen molar-refractivity contribution in [1.29, 1.82) is 0 Å². The Morgan fingerprint density at radius 3 is 2.03 bits per heavy atom. The molecular formula is C19H40N2O7S. The van der Waals surface area contributed by atoms with Crippen molar-refractivity contribution in [3.63, 3.8) is 0 Å². The minimum absolute atomic E-state index is 0.206. The Labute approximate surface area is 176 Å². The van der Waals surface area contributed by atoms with Crippen LogP contribution in [0.5, 0.6) is 0 Å². The molecule has 0 saturated heterocycles. The molecule has 1 unspecified atom stereocenters. The molecule has 0 radical (unpaired) electrons. The summed E-state index contributed by atoms with van der Waals surface area (Å²) in [5.41, 5.74) is 0. The predicted molar refractivity (Wildman–Crippen MR) is 111 cm³/mol. The van der Waals surface area contributed by atoms with Gasteiger partial charge >= 0.3 is 5.97 Å². The third-order valence-corrected chi connectivity index (χ3v) is 4.33. The van der Waals surface area contributed by atoms with Gasteiger partial charge in [0.2, 0.25) is 10.4 Å². The first-order valence-electron chi connectivity index (χ1n) is 10.1. The third kappa shape index (κ3) is 24.7. The zero-order chi connectivity index (χ0) is 22.9. The molecule has 1 atom stereocenters. The molecule has 0 saturated carbocycles. The molecule has 9 nitrogen and oxygen atoms in total. The maximum Gasteiger partial charge on any atom is 0.306 e. The molecule has 10 heteroatoms. The van der Waals surface area contributed by atoms with Gasteiger partial charge in [0.1, 0.15) is 0 Å². The summed E-state index contributed by atoms with van der Waals surface area (Å²) >= 11 is 0. The highest BCUT2D eigenvalue weighted by atomic mass is 32.3. The minimum Gasteiger partial charge on any atom is -0.726 e. The molecule has 0 aromatic heterocycles. The van der Waals surface area contributed by atoms with E-state index in [1.807, 2.05) is 0 Å². The Balaban J connectivity index is 0. The summed E-state index contributed by atoms with van der Waals surface area (Å²) in [4.78, 5) is 23.6. The highest BCUT2D eigenvalue weighted by molar-refractivity contribution is 7.80. The number of esters is 1. The van der Waals surface area contributed by atoms with Crippen LogP contribution in [0, 0.1) is 0 Å². The zero-order valence-electron chi connectivity index (χ0n) is 18.9. The number of amides is 1. The van der Waals surface area contributed by atoms with E-state index in [1.165, 1.54) is 25.7 Å². The highest BCUT2D eigenvalue weighted by Crippen LogP contribution is 2.08. The summed E-state index contributed by atoms with van der Waals surface area (Å²) in [6, 6.07) is 0. The summed E-state index contributed by atoms with van der Waals surface area (Å²) in [5, 5.41) is 2.82. The molecule has 0 aromatic rings. The van der Waals surface area contributed by atoms with Crippen molar-refractivity contribution in [1.82, 2.24) is 5.32 Å². The SMILES string of the molecule is CCCCCCCCC(=O)OC(C)C(=O)NCCC[N+](C)(C)C.COS(=O)(=O)[O-]. The van der Waals surface area contributed by atoms with Gasteiger partial charge in [0.05, 0.1) is 34.8 Å². The summed E-state index contributed by atoms with van der Waals surface area (Å²) in [5.74, 6) is -0.475. The third-order valence-electron chi connectivity index (χ3n) is 3.92. The van der Waals surface area contributed by atoms with Crippen LogP contribution >= 0.6 is 0 Å². The first-order valence-corrected chi connectivity index (χ1v) is 11.4. The van der Waals surface area contributed by atoms with Crippen molar-refractivity contribution in [2.75, 3.05) is 41.3 Å². The number of quaternary nitrogens is 1. The Morgan fingerprint density at radius 1 is 1.03 bits per heavy atom. The molecule has 0 bridgehead atoms. The van der Waals surface area contributed by atoms with E-state index >= 15 is 0 Å². The van der Waals surface area contributed by atoms with Gasteiger partial charge in [-0.2, -0.15) is 0 Å². The molecule has 1 amide bonds. The lowest BCUT2D eigenvalue weighted by molar-refractivity contribution is -0.870. The molecule has 174 valence electrons. The van der Waals surface area contributed by atoms with E-state index < -0.39 is 16.5 Å². The molecular weight excluding hydrogens is 400 g/mol. The molecule has 0 aliphatic heterocycles. The van der Waals surface area contributed by atoms with Crippen LogP contribution in [0.3, 0.4) is 0 Å². The first kappa shape index (κ1) is 30.0. The lowest BCUT2D eigenvalue weighted by atomic mass is 10.1. The Kier molecular flexibility index (Phi) is 17.1. The maximum atomic E-state index is 11.9. The average molecular weight is 441 g/mol. The smallest absolute Gasteiger partial charge is 0.306 e. The summed E-state index contributed by atoms with van der Waals surface area (Å²) in [6.45, 7) is 5.43. The van der Waals surface area contributed by atoms with Crippen LogP contribution in [0.15, 0.2) is 0 Å². The van der Waals surface area contributed by atoms with Crippen LogP contribution < -0.4 is 5.32 Å². The second kappa shape index (κ2) is 16.6. The molecule has 0 aromatic carbocycles. The maximum absolute atomic E-state index is 11.9. The second-order valence-corrected chi connectivity index (χ2v) is 9.03. The topological polar surface area (TPSA) is 122 Å².